The second kappa shape index (κ2) is 5.81. The molecular weight excluding hydrogens is 290 g/mol. The molecular formula is C14H23N3O3S. The first-order valence-corrected chi connectivity index (χ1v) is 8.89. The normalized spacial score (nSPS) is 17.2. The molecule has 0 radical (unpaired) electrons. The third kappa shape index (κ3) is 3.47. The standard InChI is InChI=1S/C14H23N3O3S/c1-11-9-13(12(2)15(11)3)10-14(18)16-5-7-17(8-6-16)21(4,19)20/h9H,5-8,10H2,1-4H3. The van der Waals surface area contributed by atoms with Gasteiger partial charge in [0, 0.05) is 44.6 Å². The Labute approximate surface area is 126 Å². The van der Waals surface area contributed by atoms with Gasteiger partial charge in [-0.3, -0.25) is 4.79 Å². The summed E-state index contributed by atoms with van der Waals surface area (Å²) >= 11 is 0. The Balaban J connectivity index is 1.98. The molecule has 6 nitrogen and oxygen atoms in total. The van der Waals surface area contributed by atoms with Gasteiger partial charge >= 0.3 is 0 Å². The molecule has 1 fully saturated rings. The second-order valence-corrected chi connectivity index (χ2v) is 7.66. The van der Waals surface area contributed by atoms with Gasteiger partial charge < -0.3 is 9.47 Å². The van der Waals surface area contributed by atoms with E-state index in [1.54, 1.807) is 4.90 Å². The molecule has 0 aliphatic carbocycles. The minimum Gasteiger partial charge on any atom is -0.352 e. The zero-order valence-corrected chi connectivity index (χ0v) is 13.9. The van der Waals surface area contributed by atoms with Gasteiger partial charge in [0.1, 0.15) is 0 Å². The van der Waals surface area contributed by atoms with E-state index in [0.29, 0.717) is 32.6 Å². The van der Waals surface area contributed by atoms with Gasteiger partial charge in [0.25, 0.3) is 0 Å². The van der Waals surface area contributed by atoms with E-state index in [-0.39, 0.29) is 5.91 Å². The van der Waals surface area contributed by atoms with Crippen LogP contribution in [0, 0.1) is 13.8 Å². The van der Waals surface area contributed by atoms with Crippen LogP contribution in [0.3, 0.4) is 0 Å². The molecule has 2 rings (SSSR count). The number of sulfonamides is 1. The summed E-state index contributed by atoms with van der Waals surface area (Å²) in [6.07, 6.45) is 1.59. The van der Waals surface area contributed by atoms with Gasteiger partial charge in [-0.1, -0.05) is 0 Å². The van der Waals surface area contributed by atoms with E-state index in [1.807, 2.05) is 27.0 Å². The fraction of sp³-hybridized carbons (Fsp3) is 0.643. The monoisotopic (exact) mass is 313 g/mol. The van der Waals surface area contributed by atoms with Gasteiger partial charge in [-0.25, -0.2) is 8.42 Å². The number of aryl methyl sites for hydroxylation is 1. The lowest BCUT2D eigenvalue weighted by atomic mass is 10.1. The number of nitrogens with zero attached hydrogens (tertiary/aromatic N) is 3. The number of rotatable bonds is 3. The molecule has 0 aromatic carbocycles. The van der Waals surface area contributed by atoms with Crippen LogP contribution in [-0.2, 0) is 28.3 Å². The fourth-order valence-electron chi connectivity index (χ4n) is 2.66. The summed E-state index contributed by atoms with van der Waals surface area (Å²) in [6, 6.07) is 2.04. The number of hydrogen-bond donors (Lipinski definition) is 0. The maximum atomic E-state index is 12.3. The largest absolute Gasteiger partial charge is 0.352 e. The summed E-state index contributed by atoms with van der Waals surface area (Å²) in [6.45, 7) is 5.74. The molecule has 0 N–H and O–H groups in total. The molecule has 0 saturated carbocycles. The van der Waals surface area contributed by atoms with Crippen molar-refractivity contribution in [3.63, 3.8) is 0 Å². The lowest BCUT2D eigenvalue weighted by molar-refractivity contribution is -0.131. The van der Waals surface area contributed by atoms with Crippen molar-refractivity contribution < 1.29 is 13.2 Å². The Morgan fingerprint density at radius 2 is 1.76 bits per heavy atom. The highest BCUT2D eigenvalue weighted by Gasteiger charge is 2.26. The van der Waals surface area contributed by atoms with Gasteiger partial charge in [-0.15, -0.1) is 0 Å². The molecule has 1 aromatic rings. The minimum atomic E-state index is -3.15. The van der Waals surface area contributed by atoms with Crippen LogP contribution < -0.4 is 0 Å². The van der Waals surface area contributed by atoms with Gasteiger partial charge in [-0.05, 0) is 25.5 Å². The van der Waals surface area contributed by atoms with E-state index in [2.05, 4.69) is 4.57 Å². The van der Waals surface area contributed by atoms with Crippen molar-refractivity contribution >= 4 is 15.9 Å². The van der Waals surface area contributed by atoms with E-state index in [1.165, 1.54) is 10.6 Å². The van der Waals surface area contributed by atoms with E-state index in [4.69, 9.17) is 0 Å². The summed E-state index contributed by atoms with van der Waals surface area (Å²) in [5, 5.41) is 0. The molecule has 118 valence electrons. The van der Waals surface area contributed by atoms with Gasteiger partial charge in [0.2, 0.25) is 15.9 Å². The number of carbonyl (C=O) groups excluding carboxylic acids is 1. The number of hydrogen-bond acceptors (Lipinski definition) is 3. The number of amides is 1. The zero-order chi connectivity index (χ0) is 15.8. The average molecular weight is 313 g/mol. The summed E-state index contributed by atoms with van der Waals surface area (Å²) in [7, 11) is -1.16. The van der Waals surface area contributed by atoms with Crippen LogP contribution in [0.5, 0.6) is 0 Å². The average Bonchev–Trinajstić information content (AvgIpc) is 2.65. The Kier molecular flexibility index (Phi) is 4.43. The van der Waals surface area contributed by atoms with Gasteiger partial charge in [0.05, 0.1) is 12.7 Å². The van der Waals surface area contributed by atoms with Crippen molar-refractivity contribution in [3.05, 3.63) is 23.0 Å². The van der Waals surface area contributed by atoms with Crippen LogP contribution in [0.4, 0.5) is 0 Å². The smallest absolute Gasteiger partial charge is 0.227 e. The Bertz CT molecular complexity index is 641. The first-order chi connectivity index (χ1) is 9.70. The minimum absolute atomic E-state index is 0.0665. The first kappa shape index (κ1) is 16.0. The Hall–Kier alpha value is -1.34. The maximum Gasteiger partial charge on any atom is 0.227 e. The van der Waals surface area contributed by atoms with E-state index >= 15 is 0 Å². The lowest BCUT2D eigenvalue weighted by Crippen LogP contribution is -2.50. The summed E-state index contributed by atoms with van der Waals surface area (Å²) in [5.74, 6) is 0.0665. The molecule has 7 heteroatoms. The first-order valence-electron chi connectivity index (χ1n) is 7.05. The predicted octanol–water partition coefficient (Wildman–Crippen LogP) is 0.288. The number of aromatic nitrogens is 1. The molecule has 0 bridgehead atoms. The molecule has 0 spiro atoms. The highest BCUT2D eigenvalue weighted by atomic mass is 32.2. The number of piperazine rings is 1. The molecule has 1 aromatic heterocycles. The van der Waals surface area contributed by atoms with Gasteiger partial charge in [0.15, 0.2) is 0 Å². The van der Waals surface area contributed by atoms with Crippen molar-refractivity contribution in [2.24, 2.45) is 7.05 Å². The topological polar surface area (TPSA) is 62.6 Å². The molecule has 0 unspecified atom stereocenters. The predicted molar refractivity (Wildman–Crippen MR) is 81.6 cm³/mol. The van der Waals surface area contributed by atoms with E-state index in [9.17, 15) is 13.2 Å². The Morgan fingerprint density at radius 3 is 2.19 bits per heavy atom. The van der Waals surface area contributed by atoms with Crippen LogP contribution in [0.25, 0.3) is 0 Å². The quantitative estimate of drug-likeness (QED) is 0.806. The second-order valence-electron chi connectivity index (χ2n) is 5.67. The summed E-state index contributed by atoms with van der Waals surface area (Å²) in [5.41, 5.74) is 3.29. The number of carbonyl (C=O) groups is 1. The molecule has 0 atom stereocenters. The van der Waals surface area contributed by atoms with Crippen molar-refractivity contribution in [2.45, 2.75) is 20.3 Å². The molecule has 1 amide bonds. The van der Waals surface area contributed by atoms with Crippen LogP contribution >= 0.6 is 0 Å². The third-order valence-corrected chi connectivity index (χ3v) is 5.59. The maximum absolute atomic E-state index is 12.3. The highest BCUT2D eigenvalue weighted by Crippen LogP contribution is 2.15. The third-order valence-electron chi connectivity index (χ3n) is 4.28. The Morgan fingerprint density at radius 1 is 1.19 bits per heavy atom. The SMILES string of the molecule is Cc1cc(CC(=O)N2CCN(S(C)(=O)=O)CC2)c(C)n1C. The summed E-state index contributed by atoms with van der Waals surface area (Å²) < 4.78 is 26.4. The van der Waals surface area contributed by atoms with Crippen LogP contribution in [0.1, 0.15) is 17.0 Å². The molecule has 21 heavy (non-hydrogen) atoms. The van der Waals surface area contributed by atoms with Crippen molar-refractivity contribution in [1.29, 1.82) is 0 Å². The van der Waals surface area contributed by atoms with Crippen LogP contribution in [-0.4, -0.2) is 60.5 Å². The van der Waals surface area contributed by atoms with Crippen LogP contribution in [0.15, 0.2) is 6.07 Å². The van der Waals surface area contributed by atoms with E-state index in [0.717, 1.165) is 17.0 Å². The molecule has 2 heterocycles. The molecule has 1 saturated heterocycles. The molecule has 1 aliphatic heterocycles. The molecule has 1 aliphatic rings. The van der Waals surface area contributed by atoms with Crippen molar-refractivity contribution in [1.82, 2.24) is 13.8 Å². The fourth-order valence-corrected chi connectivity index (χ4v) is 3.48. The van der Waals surface area contributed by atoms with Crippen molar-refractivity contribution in [3.8, 4) is 0 Å². The zero-order valence-electron chi connectivity index (χ0n) is 13.1. The van der Waals surface area contributed by atoms with Crippen LogP contribution in [0.2, 0.25) is 0 Å². The summed E-state index contributed by atoms with van der Waals surface area (Å²) in [4.78, 5) is 14.1. The van der Waals surface area contributed by atoms with Crippen molar-refractivity contribution in [2.75, 3.05) is 32.4 Å². The lowest BCUT2D eigenvalue weighted by Gasteiger charge is -2.33. The highest BCUT2D eigenvalue weighted by molar-refractivity contribution is 7.88. The van der Waals surface area contributed by atoms with E-state index < -0.39 is 10.0 Å². The van der Waals surface area contributed by atoms with Gasteiger partial charge in [-0.2, -0.15) is 4.31 Å².